The van der Waals surface area contributed by atoms with Gasteiger partial charge < -0.3 is 15.2 Å². The van der Waals surface area contributed by atoms with E-state index in [0.29, 0.717) is 5.56 Å². The number of carbonyl (C=O) groups is 2. The highest BCUT2D eigenvalue weighted by atomic mass is 35.5. The summed E-state index contributed by atoms with van der Waals surface area (Å²) in [6.45, 7) is 1.68. The second kappa shape index (κ2) is 8.87. The zero-order valence-electron chi connectivity index (χ0n) is 15.5. The summed E-state index contributed by atoms with van der Waals surface area (Å²) >= 11 is 5.93. The van der Waals surface area contributed by atoms with Crippen molar-refractivity contribution in [1.29, 1.82) is 0 Å². The maximum Gasteiger partial charge on any atom is 0.335 e. The Hall–Kier alpha value is -3.52. The molecule has 0 saturated carbocycles. The van der Waals surface area contributed by atoms with E-state index in [0.717, 1.165) is 12.1 Å². The van der Waals surface area contributed by atoms with Crippen LogP contribution in [0.25, 0.3) is 0 Å². The summed E-state index contributed by atoms with van der Waals surface area (Å²) in [7, 11) is 0. The minimum atomic E-state index is -1.06. The number of nitrogens with one attached hydrogen (secondary N) is 1. The molecule has 6 nitrogen and oxygen atoms in total. The molecule has 3 rings (SSSR count). The van der Waals surface area contributed by atoms with E-state index in [-0.39, 0.29) is 22.0 Å². The molecule has 30 heavy (non-hydrogen) atoms. The monoisotopic (exact) mass is 432 g/mol. The van der Waals surface area contributed by atoms with Crippen molar-refractivity contribution in [3.63, 3.8) is 0 Å². The van der Waals surface area contributed by atoms with Crippen molar-refractivity contribution in [1.82, 2.24) is 10.3 Å². The van der Waals surface area contributed by atoms with Crippen LogP contribution in [0.5, 0.6) is 11.6 Å². The smallest absolute Gasteiger partial charge is 0.335 e. The highest BCUT2D eigenvalue weighted by molar-refractivity contribution is 6.30. The third-order valence-corrected chi connectivity index (χ3v) is 4.39. The van der Waals surface area contributed by atoms with Crippen LogP contribution in [0.3, 0.4) is 0 Å². The molecule has 3 aromatic rings. The summed E-state index contributed by atoms with van der Waals surface area (Å²) in [5, 5.41) is 11.8. The van der Waals surface area contributed by atoms with Gasteiger partial charge in [0.1, 0.15) is 5.56 Å². The minimum Gasteiger partial charge on any atom is -0.478 e. The van der Waals surface area contributed by atoms with Crippen molar-refractivity contribution in [2.75, 3.05) is 0 Å². The number of aromatic carboxylic acids is 1. The average Bonchev–Trinajstić information content (AvgIpc) is 2.71. The number of hydrogen-bond acceptors (Lipinski definition) is 4. The van der Waals surface area contributed by atoms with Crippen molar-refractivity contribution >= 4 is 23.5 Å². The number of hydrogen-bond donors (Lipinski definition) is 2. The van der Waals surface area contributed by atoms with Crippen LogP contribution < -0.4 is 10.1 Å². The fraction of sp³-hybridized carbons (Fsp3) is 0.0952. The third kappa shape index (κ3) is 4.72. The van der Waals surface area contributed by atoms with E-state index in [1.54, 1.807) is 19.1 Å². The number of carboxylic acid groups (broad SMARTS) is 1. The van der Waals surface area contributed by atoms with Crippen LogP contribution in [-0.4, -0.2) is 22.0 Å². The molecule has 2 N–H and O–H groups in total. The molecule has 0 aliphatic heterocycles. The Bertz CT molecular complexity index is 1090. The van der Waals surface area contributed by atoms with Crippen LogP contribution in [0, 0.1) is 11.6 Å². The van der Waals surface area contributed by atoms with Crippen molar-refractivity contribution in [3.05, 3.63) is 88.1 Å². The fourth-order valence-corrected chi connectivity index (χ4v) is 2.78. The quantitative estimate of drug-likeness (QED) is 0.572. The van der Waals surface area contributed by atoms with Crippen molar-refractivity contribution in [3.8, 4) is 11.6 Å². The van der Waals surface area contributed by atoms with E-state index >= 15 is 0 Å². The van der Waals surface area contributed by atoms with Gasteiger partial charge in [0.2, 0.25) is 11.6 Å². The number of para-hydroxylation sites is 1. The molecule has 1 amide bonds. The number of benzene rings is 2. The Morgan fingerprint density at radius 2 is 1.77 bits per heavy atom. The van der Waals surface area contributed by atoms with Gasteiger partial charge in [-0.25, -0.2) is 18.6 Å². The molecular formula is C21H15ClF2N2O4. The zero-order chi connectivity index (χ0) is 21.8. The first kappa shape index (κ1) is 21.2. The standard InChI is InChI=1S/C21H15ClF2N2O4/c1-11(12-5-7-13(8-6-12)21(28)29)26-19(27)15-9-14(22)10-25-20(15)30-18-16(23)3-2-4-17(18)24/h2-11H,1H3,(H,26,27)(H,28,29)/t11-/m0/s1. The summed E-state index contributed by atoms with van der Waals surface area (Å²) in [5.74, 6) is -4.64. The SMILES string of the molecule is C[C@H](NC(=O)c1cc(Cl)cnc1Oc1c(F)cccc1F)c1ccc(C(=O)O)cc1. The zero-order valence-corrected chi connectivity index (χ0v) is 16.3. The minimum absolute atomic E-state index is 0.110. The number of ether oxygens (including phenoxy) is 1. The molecule has 1 heterocycles. The molecule has 1 aromatic heterocycles. The average molecular weight is 433 g/mol. The second-order valence-electron chi connectivity index (χ2n) is 6.28. The van der Waals surface area contributed by atoms with E-state index < -0.39 is 35.3 Å². The summed E-state index contributed by atoms with van der Waals surface area (Å²) < 4.78 is 33.0. The van der Waals surface area contributed by atoms with Crippen LogP contribution in [0.2, 0.25) is 5.02 Å². The molecule has 0 saturated heterocycles. The van der Waals surface area contributed by atoms with Crippen LogP contribution in [0.1, 0.15) is 39.2 Å². The lowest BCUT2D eigenvalue weighted by atomic mass is 10.1. The second-order valence-corrected chi connectivity index (χ2v) is 6.72. The van der Waals surface area contributed by atoms with Gasteiger partial charge in [-0.3, -0.25) is 4.79 Å². The van der Waals surface area contributed by atoms with E-state index in [1.165, 1.54) is 30.5 Å². The molecule has 0 aliphatic rings. The lowest BCUT2D eigenvalue weighted by Gasteiger charge is -2.16. The first-order valence-electron chi connectivity index (χ1n) is 8.67. The van der Waals surface area contributed by atoms with Crippen LogP contribution >= 0.6 is 11.6 Å². The Kier molecular flexibility index (Phi) is 6.27. The van der Waals surface area contributed by atoms with E-state index in [1.807, 2.05) is 0 Å². The molecule has 0 spiro atoms. The van der Waals surface area contributed by atoms with Gasteiger partial charge in [-0.1, -0.05) is 29.8 Å². The topological polar surface area (TPSA) is 88.5 Å². The van der Waals surface area contributed by atoms with Gasteiger partial charge in [0.25, 0.3) is 5.91 Å². The molecule has 0 fully saturated rings. The van der Waals surface area contributed by atoms with Crippen molar-refractivity contribution in [2.45, 2.75) is 13.0 Å². The number of nitrogens with zero attached hydrogens (tertiary/aromatic N) is 1. The van der Waals surface area contributed by atoms with Crippen LogP contribution in [0.4, 0.5) is 8.78 Å². The maximum absolute atomic E-state index is 13.9. The fourth-order valence-electron chi connectivity index (χ4n) is 2.62. The molecule has 0 bridgehead atoms. The Morgan fingerprint density at radius 1 is 1.13 bits per heavy atom. The molecule has 2 aromatic carbocycles. The van der Waals surface area contributed by atoms with Crippen molar-refractivity contribution < 1.29 is 28.2 Å². The lowest BCUT2D eigenvalue weighted by molar-refractivity contribution is 0.0696. The third-order valence-electron chi connectivity index (χ3n) is 4.19. The largest absolute Gasteiger partial charge is 0.478 e. The van der Waals surface area contributed by atoms with Gasteiger partial charge in [-0.15, -0.1) is 0 Å². The predicted octanol–water partition coefficient (Wildman–Crippen LogP) is 4.99. The van der Waals surface area contributed by atoms with E-state index in [9.17, 15) is 18.4 Å². The Labute approximate surface area is 175 Å². The number of pyridine rings is 1. The first-order valence-corrected chi connectivity index (χ1v) is 9.05. The first-order chi connectivity index (χ1) is 14.3. The molecule has 0 aliphatic carbocycles. The molecule has 9 heteroatoms. The Balaban J connectivity index is 1.85. The van der Waals surface area contributed by atoms with Gasteiger partial charge in [0, 0.05) is 6.20 Å². The van der Waals surface area contributed by atoms with Gasteiger partial charge in [-0.2, -0.15) is 0 Å². The number of carboxylic acids is 1. The Morgan fingerprint density at radius 3 is 2.37 bits per heavy atom. The van der Waals surface area contributed by atoms with E-state index in [2.05, 4.69) is 10.3 Å². The number of amides is 1. The molecular weight excluding hydrogens is 418 g/mol. The molecule has 0 radical (unpaired) electrons. The van der Waals surface area contributed by atoms with Gasteiger partial charge in [-0.05, 0) is 42.8 Å². The van der Waals surface area contributed by atoms with E-state index in [4.69, 9.17) is 21.4 Å². The summed E-state index contributed by atoms with van der Waals surface area (Å²) in [6, 6.07) is 9.91. The summed E-state index contributed by atoms with van der Waals surface area (Å²) in [4.78, 5) is 27.6. The highest BCUT2D eigenvalue weighted by Gasteiger charge is 2.21. The number of aromatic nitrogens is 1. The lowest BCUT2D eigenvalue weighted by Crippen LogP contribution is -2.27. The number of carbonyl (C=O) groups excluding carboxylic acids is 1. The summed E-state index contributed by atoms with van der Waals surface area (Å²) in [6.07, 6.45) is 1.18. The summed E-state index contributed by atoms with van der Waals surface area (Å²) in [5.41, 5.74) is 0.629. The van der Waals surface area contributed by atoms with Gasteiger partial charge in [0.05, 0.1) is 16.6 Å². The number of rotatable bonds is 6. The molecule has 1 atom stereocenters. The molecule has 0 unspecified atom stereocenters. The molecule has 154 valence electrons. The van der Waals surface area contributed by atoms with Crippen LogP contribution in [-0.2, 0) is 0 Å². The normalized spacial score (nSPS) is 11.6. The van der Waals surface area contributed by atoms with Gasteiger partial charge in [0.15, 0.2) is 11.6 Å². The number of halogens is 3. The van der Waals surface area contributed by atoms with Crippen LogP contribution in [0.15, 0.2) is 54.7 Å². The highest BCUT2D eigenvalue weighted by Crippen LogP contribution is 2.30. The maximum atomic E-state index is 13.9. The van der Waals surface area contributed by atoms with Gasteiger partial charge >= 0.3 is 5.97 Å². The predicted molar refractivity (Wildman–Crippen MR) is 105 cm³/mol. The van der Waals surface area contributed by atoms with Crippen molar-refractivity contribution in [2.24, 2.45) is 0 Å².